The van der Waals surface area contributed by atoms with Crippen molar-refractivity contribution in [3.05, 3.63) is 283 Å². The normalized spacial score (nSPS) is 13.9. The maximum Gasteiger partial charge on any atom is 0.534 e. The average Bonchev–Trinajstić information content (AvgIpc) is 1.45. The zero-order valence-corrected chi connectivity index (χ0v) is 75.9. The summed E-state index contributed by atoms with van der Waals surface area (Å²) >= 11 is 0. The van der Waals surface area contributed by atoms with Gasteiger partial charge in [0.15, 0.2) is 11.2 Å². The van der Waals surface area contributed by atoms with E-state index >= 15 is 0 Å². The number of alkyl halides is 6. The molecule has 0 unspecified atom stereocenters. The van der Waals surface area contributed by atoms with E-state index in [4.69, 9.17) is 53.3 Å². The molecule has 0 atom stereocenters. The second-order valence-corrected chi connectivity index (χ2v) is 44.0. The summed E-state index contributed by atoms with van der Waals surface area (Å²) in [7, 11) is -14.9. The first-order valence-electron chi connectivity index (χ1n) is 38.5. The Kier molecular flexibility index (Phi) is 29.8. The first-order chi connectivity index (χ1) is 62.3. The number of rotatable bonds is 18. The number of carbonyl (C=O) groups excluding carboxylic acids is 12. The van der Waals surface area contributed by atoms with Crippen molar-refractivity contribution in [2.75, 3.05) is 32.0 Å². The highest BCUT2D eigenvalue weighted by Crippen LogP contribution is 2.53. The molecule has 704 valence electrons. The fourth-order valence-electron chi connectivity index (χ4n) is 15.0. The van der Waals surface area contributed by atoms with Crippen molar-refractivity contribution < 1.29 is 162 Å². The molecular formula is C86H76F6N6O32S2Si2. The number of amides is 3. The summed E-state index contributed by atoms with van der Waals surface area (Å²) in [5, 5.41) is 41.5. The molecule has 48 heteroatoms. The molecule has 2 spiro atoms. The van der Waals surface area contributed by atoms with E-state index in [0.29, 0.717) is 39.2 Å². The Balaban J connectivity index is 0.000000251. The molecule has 0 saturated heterocycles. The number of methoxy groups -OCH3 is 3. The number of nitro benzene ring substituents is 3. The third-order valence-electron chi connectivity index (χ3n) is 21.3. The number of halogens is 6. The van der Waals surface area contributed by atoms with Crippen LogP contribution in [0.25, 0.3) is 0 Å². The van der Waals surface area contributed by atoms with E-state index in [1.165, 1.54) is 69.9 Å². The van der Waals surface area contributed by atoms with Gasteiger partial charge in [0.05, 0.1) is 80.6 Å². The third kappa shape index (κ3) is 21.0. The van der Waals surface area contributed by atoms with Crippen LogP contribution >= 0.6 is 0 Å². The molecule has 0 aliphatic carbocycles. The molecule has 0 radical (unpaired) electrons. The molecule has 38 nitrogen and oxygen atoms in total. The monoisotopic (exact) mass is 1940 g/mol. The number of ether oxygens (including phenoxy) is 8. The average molecular weight is 1940 g/mol. The minimum atomic E-state index is -6.09. The molecule has 4 N–H and O–H groups in total. The fraction of sp³-hybridized carbons (Fsp3) is 0.256. The Labute approximate surface area is 756 Å². The minimum absolute atomic E-state index is 0.0290. The number of benzene rings is 9. The topological polar surface area (TPSA) is 545 Å². The maximum absolute atomic E-state index is 13.9. The van der Waals surface area contributed by atoms with E-state index in [1.54, 1.807) is 73.8 Å². The standard InChI is InChI=1S/C46H42N4O14Si.C28H24F6O8S2Si.C10H10N2O6.2CO2/c1-45(2,3)29-10-13-32-35(20-29)46(64-42(32)53)33-14-11-30(47-43(54)62-23-27-18-25(40(51)60-4)8-16-36(27)49(56)57)21-38(33)65(6,7)39-22-31(12-15-34(39)46)48-44(55)63-24-28-19-26(41(52)61-5)9-17-37(28)50(58)59;1-25(2,3)15-6-9-18-21(12-15)26(40-24(18)35)19-10-7-16(41-43(36,37)27(29,30)31)13-22(19)45(4,5)23-14-17(8-11-20(23)26)42-44(38,39)28(32,33)34;1-17-9(13)6-2-3-8(12(15)16)7(4-6)5-18-10(11)14;2*2-1-3/h8-22H,23-24H2,1-7H3,(H,47,54)(H,48,55);6-14H,1-5H3;2-4H,5H2,1H3,(H2,11,14);;. The lowest BCUT2D eigenvalue weighted by Gasteiger charge is -2.44. The Morgan fingerprint density at radius 3 is 0.978 bits per heavy atom. The molecule has 4 aliphatic heterocycles. The highest BCUT2D eigenvalue weighted by atomic mass is 32.2. The minimum Gasteiger partial charge on any atom is -0.465 e. The number of nitrogens with two attached hydrogens (primary N) is 1. The lowest BCUT2D eigenvalue weighted by Crippen LogP contribution is -2.63. The van der Waals surface area contributed by atoms with Crippen LogP contribution in [0.1, 0.15) is 155 Å². The van der Waals surface area contributed by atoms with Crippen molar-refractivity contribution in [2.24, 2.45) is 5.73 Å². The van der Waals surface area contributed by atoms with Crippen LogP contribution in [0.3, 0.4) is 0 Å². The summed E-state index contributed by atoms with van der Waals surface area (Å²) in [5.74, 6) is -4.87. The summed E-state index contributed by atoms with van der Waals surface area (Å²) in [6.07, 6.45) is -2.46. The third-order valence-corrected chi connectivity index (χ3v) is 30.3. The Morgan fingerprint density at radius 1 is 0.425 bits per heavy atom. The zero-order chi connectivity index (χ0) is 100. The van der Waals surface area contributed by atoms with Crippen LogP contribution in [0.4, 0.5) is 69.2 Å². The first-order valence-corrected chi connectivity index (χ1v) is 47.4. The van der Waals surface area contributed by atoms with Crippen molar-refractivity contribution in [2.45, 2.75) is 121 Å². The highest BCUT2D eigenvalue weighted by molar-refractivity contribution is 7.88. The largest absolute Gasteiger partial charge is 0.534 e. The van der Waals surface area contributed by atoms with Gasteiger partial charge in [-0.25, -0.2) is 38.4 Å². The van der Waals surface area contributed by atoms with Crippen LogP contribution in [-0.4, -0.2) is 141 Å². The van der Waals surface area contributed by atoms with E-state index in [9.17, 15) is 112 Å². The van der Waals surface area contributed by atoms with Crippen LogP contribution in [0.2, 0.25) is 26.2 Å². The van der Waals surface area contributed by atoms with Gasteiger partial charge in [0.1, 0.15) is 47.5 Å². The van der Waals surface area contributed by atoms with Crippen molar-refractivity contribution in [3.8, 4) is 11.5 Å². The van der Waals surface area contributed by atoms with Gasteiger partial charge >= 0.3 is 91.7 Å². The maximum atomic E-state index is 13.9. The van der Waals surface area contributed by atoms with Crippen LogP contribution in [0.5, 0.6) is 11.5 Å². The Hall–Kier alpha value is -15.4. The molecule has 0 aromatic heterocycles. The molecule has 9 aromatic carbocycles. The van der Waals surface area contributed by atoms with Gasteiger partial charge in [-0.05, 0) is 152 Å². The van der Waals surface area contributed by atoms with Crippen LogP contribution in [0, 0.1) is 30.3 Å². The Morgan fingerprint density at radius 2 is 0.709 bits per heavy atom. The van der Waals surface area contributed by atoms with E-state index in [1.807, 2.05) is 66.8 Å². The number of hydrogen-bond donors (Lipinski definition) is 3. The smallest absolute Gasteiger partial charge is 0.465 e. The van der Waals surface area contributed by atoms with Crippen LogP contribution < -0.4 is 45.5 Å². The number of primary amides is 1. The second-order valence-electron chi connectivity index (χ2n) is 32.3. The number of nitrogens with zero attached hydrogens (tertiary/aromatic N) is 3. The van der Waals surface area contributed by atoms with Gasteiger partial charge in [0, 0.05) is 63.0 Å². The molecule has 0 fully saturated rings. The summed E-state index contributed by atoms with van der Waals surface area (Å²) in [4.78, 5) is 165. The lowest BCUT2D eigenvalue weighted by atomic mass is 9.76. The fourth-order valence-corrected chi connectivity index (χ4v) is 22.2. The first kappa shape index (κ1) is 102. The van der Waals surface area contributed by atoms with Crippen LogP contribution in [-0.2, 0) is 119 Å². The number of esters is 5. The number of nitrogens with one attached hydrogen (secondary N) is 2. The quantitative estimate of drug-likeness (QED) is 0.0105. The SMILES string of the molecule is CC(C)(C)c1ccc2c(c1)C1(OC2=O)c2ccc(OS(=O)(=O)C(F)(F)F)cc2[Si](C)(C)c2cc(OS(=O)(=O)C(F)(F)F)ccc21.COC(=O)c1ccc([N+](=O)[O-])c(COC(=O)Nc2ccc3c(c2)[Si](C)(C)c2cc(NC(=O)OCc4cc(C(=O)OC)ccc4[N+](=O)[O-])ccc2C32OC(=O)c3ccc(C(C)(C)C)cc32)c1.COC(=O)c1ccc([N+](=O)[O-])c(COC(N)=O)c1.O=C=O.O=C=O. The highest BCUT2D eigenvalue weighted by Gasteiger charge is 2.60. The van der Waals surface area contributed by atoms with E-state index < -0.39 is 158 Å². The number of carbonyl (C=O) groups is 8. The van der Waals surface area contributed by atoms with Gasteiger partial charge in [0.2, 0.25) is 0 Å². The molecule has 9 aromatic rings. The summed E-state index contributed by atoms with van der Waals surface area (Å²) < 4.78 is 177. The molecule has 4 aliphatic rings. The number of hydrogen-bond acceptors (Lipinski definition) is 32. The Bertz CT molecular complexity index is 6400. The van der Waals surface area contributed by atoms with Gasteiger partial charge < -0.3 is 52.0 Å². The molecule has 13 rings (SSSR count). The van der Waals surface area contributed by atoms with Crippen LogP contribution in [0.15, 0.2) is 164 Å². The zero-order valence-electron chi connectivity index (χ0n) is 72.3. The van der Waals surface area contributed by atoms with Crippen molar-refractivity contribution in [3.63, 3.8) is 0 Å². The van der Waals surface area contributed by atoms with E-state index in [2.05, 4.69) is 28.5 Å². The predicted molar refractivity (Wildman–Crippen MR) is 457 cm³/mol. The van der Waals surface area contributed by atoms with Crippen molar-refractivity contribution >= 4 is 146 Å². The van der Waals surface area contributed by atoms with E-state index in [-0.39, 0.29) is 95.2 Å². The second kappa shape index (κ2) is 39.0. The van der Waals surface area contributed by atoms with E-state index in [0.717, 1.165) is 64.0 Å². The molecule has 4 heterocycles. The van der Waals surface area contributed by atoms with Gasteiger partial charge in [-0.2, -0.15) is 62.4 Å². The van der Waals surface area contributed by atoms with Crippen molar-refractivity contribution in [1.29, 1.82) is 0 Å². The van der Waals surface area contributed by atoms with Gasteiger partial charge in [-0.1, -0.05) is 104 Å². The molecule has 3 amide bonds. The number of fused-ring (bicyclic) bond motifs is 12. The molecular weight excluding hydrogens is 1860 g/mol. The predicted octanol–water partition coefficient (Wildman–Crippen LogP) is 12.3. The summed E-state index contributed by atoms with van der Waals surface area (Å²) in [6.45, 7) is 17.8. The lowest BCUT2D eigenvalue weighted by molar-refractivity contribution is -0.386. The van der Waals surface area contributed by atoms with Crippen molar-refractivity contribution in [1.82, 2.24) is 0 Å². The molecule has 134 heavy (non-hydrogen) atoms. The van der Waals surface area contributed by atoms with Gasteiger partial charge in [-0.15, -0.1) is 0 Å². The van der Waals surface area contributed by atoms with Gasteiger partial charge in [0.25, 0.3) is 17.1 Å². The summed E-state index contributed by atoms with van der Waals surface area (Å²) in [6, 6.07) is 38.3. The number of anilines is 2. The summed E-state index contributed by atoms with van der Waals surface area (Å²) in [5.41, 5.74) is -6.05. The molecule has 0 saturated carbocycles. The number of nitro groups is 3. The molecule has 0 bridgehead atoms. The van der Waals surface area contributed by atoms with Gasteiger partial charge in [-0.3, -0.25) is 41.0 Å².